The lowest BCUT2D eigenvalue weighted by Gasteiger charge is -2.29. The Labute approximate surface area is 129 Å². The lowest BCUT2D eigenvalue weighted by atomic mass is 10.2. The van der Waals surface area contributed by atoms with Gasteiger partial charge in [-0.05, 0) is 5.56 Å². The zero-order chi connectivity index (χ0) is 16.0. The van der Waals surface area contributed by atoms with Crippen LogP contribution >= 0.6 is 0 Å². The van der Waals surface area contributed by atoms with Crippen LogP contribution in [0.2, 0.25) is 0 Å². The highest BCUT2D eigenvalue weighted by Gasteiger charge is 2.26. The molecule has 0 saturated heterocycles. The fraction of sp³-hybridized carbons (Fsp3) is 0.375. The number of hydrogen-bond donors (Lipinski definition) is 1. The Morgan fingerprint density at radius 1 is 1.27 bits per heavy atom. The normalized spacial score (nSPS) is 16.2. The number of esters is 1. The molecule has 0 spiro atoms. The zero-order valence-corrected chi connectivity index (χ0v) is 12.6. The third kappa shape index (κ3) is 4.89. The van der Waals surface area contributed by atoms with E-state index in [1.54, 1.807) is 13.8 Å². The van der Waals surface area contributed by atoms with Crippen LogP contribution in [-0.4, -0.2) is 30.8 Å². The van der Waals surface area contributed by atoms with Gasteiger partial charge in [0.15, 0.2) is 0 Å². The van der Waals surface area contributed by atoms with E-state index in [1.807, 2.05) is 30.3 Å². The molecule has 0 aliphatic carbocycles. The maximum absolute atomic E-state index is 11.8. The first-order valence-corrected chi connectivity index (χ1v) is 6.95. The molecule has 1 aliphatic rings. The second-order valence-corrected chi connectivity index (χ2v) is 5.28. The molecule has 6 nitrogen and oxygen atoms in total. The first kappa shape index (κ1) is 16.0. The molecule has 1 aliphatic heterocycles. The van der Waals surface area contributed by atoms with Gasteiger partial charge in [0.1, 0.15) is 13.2 Å². The number of benzene rings is 1. The Morgan fingerprint density at radius 3 is 2.64 bits per heavy atom. The predicted octanol–water partition coefficient (Wildman–Crippen LogP) is 1.51. The largest absolute Gasteiger partial charge is 0.470 e. The van der Waals surface area contributed by atoms with Crippen LogP contribution in [0, 0.1) is 0 Å². The molecule has 1 amide bonds. The predicted molar refractivity (Wildman–Crippen MR) is 78.4 cm³/mol. The lowest BCUT2D eigenvalue weighted by molar-refractivity contribution is -0.190. The molecule has 0 fully saturated rings. The average Bonchev–Trinajstić information content (AvgIpc) is 2.51. The van der Waals surface area contributed by atoms with Crippen molar-refractivity contribution >= 4 is 11.9 Å². The van der Waals surface area contributed by atoms with Crippen LogP contribution in [0.5, 0.6) is 0 Å². The fourth-order valence-corrected chi connectivity index (χ4v) is 1.71. The van der Waals surface area contributed by atoms with Gasteiger partial charge in [0.05, 0.1) is 18.4 Å². The second-order valence-electron chi connectivity index (χ2n) is 5.28. The third-order valence-electron chi connectivity index (χ3n) is 2.99. The topological polar surface area (TPSA) is 73.9 Å². The molecule has 1 aromatic rings. The SMILES string of the molecule is CC1(C)OC=C(C(=O)NCC(=O)OCc2ccccc2)CO1. The number of hydrogen-bond acceptors (Lipinski definition) is 5. The van der Waals surface area contributed by atoms with E-state index >= 15 is 0 Å². The summed E-state index contributed by atoms with van der Waals surface area (Å²) in [6, 6.07) is 9.32. The highest BCUT2D eigenvalue weighted by Crippen LogP contribution is 2.19. The van der Waals surface area contributed by atoms with E-state index in [0.717, 1.165) is 5.56 Å². The molecular weight excluding hydrogens is 286 g/mol. The van der Waals surface area contributed by atoms with Crippen LogP contribution < -0.4 is 5.32 Å². The van der Waals surface area contributed by atoms with Gasteiger partial charge in [0.25, 0.3) is 5.91 Å². The standard InChI is InChI=1S/C16H19NO5/c1-16(2)21-10-13(11-22-16)15(19)17-8-14(18)20-9-12-6-4-3-5-7-12/h3-7,10H,8-9,11H2,1-2H3,(H,17,19). The van der Waals surface area contributed by atoms with Crippen LogP contribution in [0.25, 0.3) is 0 Å². The van der Waals surface area contributed by atoms with E-state index in [2.05, 4.69) is 5.32 Å². The molecule has 1 heterocycles. The summed E-state index contributed by atoms with van der Waals surface area (Å²) in [6.45, 7) is 3.61. The number of amides is 1. The summed E-state index contributed by atoms with van der Waals surface area (Å²) in [5.74, 6) is -1.65. The Morgan fingerprint density at radius 2 is 2.00 bits per heavy atom. The van der Waals surface area contributed by atoms with Gasteiger partial charge in [0, 0.05) is 13.8 Å². The van der Waals surface area contributed by atoms with Crippen molar-refractivity contribution in [1.29, 1.82) is 0 Å². The van der Waals surface area contributed by atoms with Crippen molar-refractivity contribution in [2.75, 3.05) is 13.2 Å². The lowest BCUT2D eigenvalue weighted by Crippen LogP contribution is -2.37. The molecule has 0 radical (unpaired) electrons. The minimum Gasteiger partial charge on any atom is -0.470 e. The number of carbonyl (C=O) groups excluding carboxylic acids is 2. The van der Waals surface area contributed by atoms with E-state index in [1.165, 1.54) is 6.26 Å². The van der Waals surface area contributed by atoms with E-state index in [-0.39, 0.29) is 19.8 Å². The van der Waals surface area contributed by atoms with E-state index in [0.29, 0.717) is 5.57 Å². The monoisotopic (exact) mass is 305 g/mol. The number of rotatable bonds is 5. The van der Waals surface area contributed by atoms with E-state index in [9.17, 15) is 9.59 Å². The molecule has 0 aromatic heterocycles. The van der Waals surface area contributed by atoms with Crippen LogP contribution in [-0.2, 0) is 30.4 Å². The third-order valence-corrected chi connectivity index (χ3v) is 2.99. The van der Waals surface area contributed by atoms with Gasteiger partial charge < -0.3 is 19.5 Å². The highest BCUT2D eigenvalue weighted by atomic mass is 16.7. The van der Waals surface area contributed by atoms with Crippen molar-refractivity contribution in [3.8, 4) is 0 Å². The summed E-state index contributed by atoms with van der Waals surface area (Å²) < 4.78 is 15.7. The number of nitrogens with one attached hydrogen (secondary N) is 1. The van der Waals surface area contributed by atoms with Crippen molar-refractivity contribution in [3.05, 3.63) is 47.7 Å². The Balaban J connectivity index is 1.72. The molecular formula is C16H19NO5. The van der Waals surface area contributed by atoms with Gasteiger partial charge >= 0.3 is 5.97 Å². The van der Waals surface area contributed by atoms with Gasteiger partial charge in [0.2, 0.25) is 5.79 Å². The van der Waals surface area contributed by atoms with Gasteiger partial charge in [-0.15, -0.1) is 0 Å². The van der Waals surface area contributed by atoms with Crippen LogP contribution in [0.1, 0.15) is 19.4 Å². The number of carbonyl (C=O) groups is 2. The molecule has 0 saturated carbocycles. The molecule has 0 unspecified atom stereocenters. The maximum atomic E-state index is 11.8. The zero-order valence-electron chi connectivity index (χ0n) is 12.6. The Hall–Kier alpha value is -2.34. The first-order chi connectivity index (χ1) is 10.5. The minimum absolute atomic E-state index is 0.137. The van der Waals surface area contributed by atoms with E-state index < -0.39 is 17.7 Å². The maximum Gasteiger partial charge on any atom is 0.325 e. The average molecular weight is 305 g/mol. The number of ether oxygens (including phenoxy) is 3. The fourth-order valence-electron chi connectivity index (χ4n) is 1.71. The summed E-state index contributed by atoms with van der Waals surface area (Å²) >= 11 is 0. The molecule has 0 bridgehead atoms. The summed E-state index contributed by atoms with van der Waals surface area (Å²) in [6.07, 6.45) is 1.36. The van der Waals surface area contributed by atoms with Crippen LogP contribution in [0.15, 0.2) is 42.2 Å². The van der Waals surface area contributed by atoms with Gasteiger partial charge in [-0.2, -0.15) is 0 Å². The summed E-state index contributed by atoms with van der Waals surface area (Å²) in [5, 5.41) is 2.47. The molecule has 118 valence electrons. The molecule has 22 heavy (non-hydrogen) atoms. The van der Waals surface area contributed by atoms with Crippen molar-refractivity contribution in [2.24, 2.45) is 0 Å². The summed E-state index contributed by atoms with van der Waals surface area (Å²) in [4.78, 5) is 23.4. The van der Waals surface area contributed by atoms with Crippen LogP contribution in [0.4, 0.5) is 0 Å². The Bertz CT molecular complexity index is 565. The van der Waals surface area contributed by atoms with Crippen molar-refractivity contribution in [3.63, 3.8) is 0 Å². The molecule has 1 aromatic carbocycles. The molecule has 6 heteroatoms. The highest BCUT2D eigenvalue weighted by molar-refractivity contribution is 5.95. The Kier molecular flexibility index (Phi) is 5.16. The summed E-state index contributed by atoms with van der Waals surface area (Å²) in [5.41, 5.74) is 1.22. The first-order valence-electron chi connectivity index (χ1n) is 6.95. The van der Waals surface area contributed by atoms with Gasteiger partial charge in [-0.1, -0.05) is 30.3 Å². The van der Waals surface area contributed by atoms with Gasteiger partial charge in [-0.3, -0.25) is 9.59 Å². The molecule has 0 atom stereocenters. The summed E-state index contributed by atoms with van der Waals surface area (Å²) in [7, 11) is 0. The van der Waals surface area contributed by atoms with Crippen molar-refractivity contribution in [2.45, 2.75) is 26.2 Å². The quantitative estimate of drug-likeness (QED) is 0.835. The van der Waals surface area contributed by atoms with E-state index in [4.69, 9.17) is 14.2 Å². The van der Waals surface area contributed by atoms with Crippen molar-refractivity contribution < 1.29 is 23.8 Å². The smallest absolute Gasteiger partial charge is 0.325 e. The van der Waals surface area contributed by atoms with Gasteiger partial charge in [-0.25, -0.2) is 0 Å². The minimum atomic E-state index is -0.738. The van der Waals surface area contributed by atoms with Crippen LogP contribution in [0.3, 0.4) is 0 Å². The molecule has 1 N–H and O–H groups in total. The molecule has 2 rings (SSSR count). The second kappa shape index (κ2) is 7.09. The van der Waals surface area contributed by atoms with Crippen molar-refractivity contribution in [1.82, 2.24) is 5.32 Å².